The molecule has 0 aromatic heterocycles. The highest BCUT2D eigenvalue weighted by atomic mass is 16.5. The van der Waals surface area contributed by atoms with Gasteiger partial charge in [-0.25, -0.2) is 0 Å². The Morgan fingerprint density at radius 3 is 2.54 bits per heavy atom. The lowest BCUT2D eigenvalue weighted by molar-refractivity contribution is 0.0262. The molecule has 5 heteroatoms. The summed E-state index contributed by atoms with van der Waals surface area (Å²) in [6.45, 7) is 12.7. The molecule has 0 amide bonds. The van der Waals surface area contributed by atoms with Gasteiger partial charge < -0.3 is 15.0 Å². The summed E-state index contributed by atoms with van der Waals surface area (Å²) in [6, 6.07) is 9.40. The van der Waals surface area contributed by atoms with Crippen LogP contribution in [-0.4, -0.2) is 67.7 Å². The number of benzene rings is 1. The topological polar surface area (TPSA) is 40.1 Å². The number of aliphatic imine (C=N–C) groups is 1. The quantitative estimate of drug-likeness (QED) is 0.602. The zero-order valence-electron chi connectivity index (χ0n) is 18.2. The van der Waals surface area contributed by atoms with Crippen molar-refractivity contribution in [1.82, 2.24) is 15.1 Å². The van der Waals surface area contributed by atoms with Gasteiger partial charge in [-0.15, -0.1) is 0 Å². The molecule has 0 radical (unpaired) electrons. The van der Waals surface area contributed by atoms with Gasteiger partial charge in [-0.1, -0.05) is 38.1 Å². The van der Waals surface area contributed by atoms with Crippen molar-refractivity contribution in [3.63, 3.8) is 0 Å². The van der Waals surface area contributed by atoms with Gasteiger partial charge in [-0.05, 0) is 43.2 Å². The molecule has 0 saturated carbocycles. The number of rotatable bonds is 6. The normalized spacial score (nSPS) is 20.3. The molecule has 2 aliphatic heterocycles. The second-order valence-electron chi connectivity index (χ2n) is 8.37. The molecule has 0 aliphatic carbocycles. The van der Waals surface area contributed by atoms with Gasteiger partial charge in [0.05, 0.1) is 6.10 Å². The van der Waals surface area contributed by atoms with Gasteiger partial charge in [0.1, 0.15) is 0 Å². The van der Waals surface area contributed by atoms with Gasteiger partial charge in [0, 0.05) is 52.4 Å². The van der Waals surface area contributed by atoms with Crippen LogP contribution in [-0.2, 0) is 17.7 Å². The fourth-order valence-corrected chi connectivity index (χ4v) is 4.59. The Morgan fingerprint density at radius 1 is 1.18 bits per heavy atom. The fourth-order valence-electron chi connectivity index (χ4n) is 4.59. The Kier molecular flexibility index (Phi) is 7.74. The SMILES string of the molecule is CCOC1CCN(C(=NC)NCC(C(C)C)N2CCc3ccccc3C2)CC1. The standard InChI is InChI=1S/C23H38N4O/c1-5-28-21-11-14-26(15-12-21)23(24-4)25-16-22(18(2)3)27-13-10-19-8-6-7-9-20(19)17-27/h6-9,18,21-22H,5,10-17H2,1-4H3,(H,24,25). The van der Waals surface area contributed by atoms with Gasteiger partial charge >= 0.3 is 0 Å². The first-order valence-corrected chi connectivity index (χ1v) is 11.0. The monoisotopic (exact) mass is 386 g/mol. The van der Waals surface area contributed by atoms with Crippen LogP contribution in [0.15, 0.2) is 29.3 Å². The van der Waals surface area contributed by atoms with Gasteiger partial charge in [0.2, 0.25) is 0 Å². The Balaban J connectivity index is 1.56. The highest BCUT2D eigenvalue weighted by Gasteiger charge is 2.27. The van der Waals surface area contributed by atoms with E-state index in [0.29, 0.717) is 18.1 Å². The van der Waals surface area contributed by atoms with Crippen LogP contribution in [0.3, 0.4) is 0 Å². The molecule has 5 nitrogen and oxygen atoms in total. The van der Waals surface area contributed by atoms with Gasteiger partial charge in [0.15, 0.2) is 5.96 Å². The number of likely N-dealkylation sites (tertiary alicyclic amines) is 1. The fraction of sp³-hybridized carbons (Fsp3) is 0.696. The van der Waals surface area contributed by atoms with Crippen molar-refractivity contribution in [2.45, 2.75) is 58.7 Å². The predicted octanol–water partition coefficient (Wildman–Crippen LogP) is 3.15. The van der Waals surface area contributed by atoms with Crippen molar-refractivity contribution in [3.05, 3.63) is 35.4 Å². The maximum atomic E-state index is 5.79. The van der Waals surface area contributed by atoms with E-state index in [1.807, 2.05) is 7.05 Å². The van der Waals surface area contributed by atoms with Crippen LogP contribution in [0.2, 0.25) is 0 Å². The van der Waals surface area contributed by atoms with E-state index in [4.69, 9.17) is 4.74 Å². The third-order valence-corrected chi connectivity index (χ3v) is 6.22. The number of fused-ring (bicyclic) bond motifs is 1. The Bertz CT molecular complexity index is 637. The largest absolute Gasteiger partial charge is 0.378 e. The van der Waals surface area contributed by atoms with E-state index in [0.717, 1.165) is 64.6 Å². The number of piperidine rings is 1. The minimum Gasteiger partial charge on any atom is -0.378 e. The molecule has 156 valence electrons. The molecule has 1 atom stereocenters. The summed E-state index contributed by atoms with van der Waals surface area (Å²) in [7, 11) is 1.90. The van der Waals surface area contributed by atoms with E-state index in [1.165, 1.54) is 11.1 Å². The highest BCUT2D eigenvalue weighted by molar-refractivity contribution is 5.80. The number of hydrogen-bond acceptors (Lipinski definition) is 3. The van der Waals surface area contributed by atoms with Crippen molar-refractivity contribution in [2.24, 2.45) is 10.9 Å². The first-order valence-electron chi connectivity index (χ1n) is 11.0. The summed E-state index contributed by atoms with van der Waals surface area (Å²) in [6.07, 6.45) is 3.74. The minimum atomic E-state index is 0.413. The van der Waals surface area contributed by atoms with Crippen molar-refractivity contribution < 1.29 is 4.74 Å². The smallest absolute Gasteiger partial charge is 0.193 e. The third-order valence-electron chi connectivity index (χ3n) is 6.22. The van der Waals surface area contributed by atoms with Crippen molar-refractivity contribution in [1.29, 1.82) is 0 Å². The molecule has 1 unspecified atom stereocenters. The third kappa shape index (κ3) is 5.26. The summed E-state index contributed by atoms with van der Waals surface area (Å²) < 4.78 is 5.79. The number of ether oxygens (including phenoxy) is 1. The first kappa shape index (κ1) is 21.1. The number of hydrogen-bond donors (Lipinski definition) is 1. The maximum Gasteiger partial charge on any atom is 0.193 e. The molecule has 1 aromatic rings. The second kappa shape index (κ2) is 10.3. The average molecular weight is 387 g/mol. The molecule has 1 fully saturated rings. The van der Waals surface area contributed by atoms with Crippen LogP contribution in [0.4, 0.5) is 0 Å². The first-order chi connectivity index (χ1) is 13.6. The molecule has 1 saturated heterocycles. The lowest BCUT2D eigenvalue weighted by Gasteiger charge is -2.39. The zero-order chi connectivity index (χ0) is 19.9. The van der Waals surface area contributed by atoms with Crippen molar-refractivity contribution >= 4 is 5.96 Å². The molecular weight excluding hydrogens is 348 g/mol. The van der Waals surface area contributed by atoms with Gasteiger partial charge in [-0.3, -0.25) is 9.89 Å². The van der Waals surface area contributed by atoms with Gasteiger partial charge in [-0.2, -0.15) is 0 Å². The number of nitrogens with one attached hydrogen (secondary N) is 1. The van der Waals surface area contributed by atoms with Crippen LogP contribution < -0.4 is 5.32 Å². The number of guanidine groups is 1. The Hall–Kier alpha value is -1.59. The molecule has 0 spiro atoms. The van der Waals surface area contributed by atoms with E-state index >= 15 is 0 Å². The minimum absolute atomic E-state index is 0.413. The summed E-state index contributed by atoms with van der Waals surface area (Å²) >= 11 is 0. The number of nitrogens with zero attached hydrogens (tertiary/aromatic N) is 3. The second-order valence-corrected chi connectivity index (χ2v) is 8.37. The summed E-state index contributed by atoms with van der Waals surface area (Å²) in [5.74, 6) is 1.64. The summed E-state index contributed by atoms with van der Waals surface area (Å²) in [5.41, 5.74) is 3.00. The van der Waals surface area contributed by atoms with Crippen LogP contribution in [0, 0.1) is 5.92 Å². The molecule has 1 N–H and O–H groups in total. The molecule has 0 bridgehead atoms. The molecular formula is C23H38N4O. The molecule has 2 heterocycles. The Labute approximate surface area is 171 Å². The van der Waals surface area contributed by atoms with Crippen LogP contribution in [0.25, 0.3) is 0 Å². The average Bonchev–Trinajstić information content (AvgIpc) is 2.72. The molecule has 3 rings (SSSR count). The van der Waals surface area contributed by atoms with E-state index in [2.05, 4.69) is 65.1 Å². The zero-order valence-corrected chi connectivity index (χ0v) is 18.2. The van der Waals surface area contributed by atoms with E-state index in [1.54, 1.807) is 0 Å². The van der Waals surface area contributed by atoms with Crippen LogP contribution >= 0.6 is 0 Å². The lowest BCUT2D eigenvalue weighted by atomic mass is 9.95. The molecule has 28 heavy (non-hydrogen) atoms. The molecule has 1 aromatic carbocycles. The summed E-state index contributed by atoms with van der Waals surface area (Å²) in [5, 5.41) is 3.68. The van der Waals surface area contributed by atoms with Crippen LogP contribution in [0.5, 0.6) is 0 Å². The lowest BCUT2D eigenvalue weighted by Crippen LogP contribution is -2.53. The maximum absolute atomic E-state index is 5.79. The Morgan fingerprint density at radius 2 is 1.89 bits per heavy atom. The summed E-state index contributed by atoms with van der Waals surface area (Å²) in [4.78, 5) is 9.60. The van der Waals surface area contributed by atoms with Crippen LogP contribution in [0.1, 0.15) is 44.7 Å². The van der Waals surface area contributed by atoms with Gasteiger partial charge in [0.25, 0.3) is 0 Å². The van der Waals surface area contributed by atoms with E-state index in [-0.39, 0.29) is 0 Å². The molecule has 2 aliphatic rings. The predicted molar refractivity (Wildman–Crippen MR) is 117 cm³/mol. The van der Waals surface area contributed by atoms with Crippen molar-refractivity contribution in [3.8, 4) is 0 Å². The van der Waals surface area contributed by atoms with E-state index in [9.17, 15) is 0 Å². The van der Waals surface area contributed by atoms with E-state index < -0.39 is 0 Å². The highest BCUT2D eigenvalue weighted by Crippen LogP contribution is 2.23. The van der Waals surface area contributed by atoms with Crippen molar-refractivity contribution in [2.75, 3.05) is 39.8 Å².